The van der Waals surface area contributed by atoms with E-state index in [1.807, 2.05) is 19.0 Å². The third-order valence-corrected chi connectivity index (χ3v) is 8.69. The smallest absolute Gasteiger partial charge is 0.274 e. The molecule has 0 radical (unpaired) electrons. The number of aromatic amines is 1. The van der Waals surface area contributed by atoms with Crippen LogP contribution >= 0.6 is 0 Å². The first kappa shape index (κ1) is 32.3. The van der Waals surface area contributed by atoms with Crippen molar-refractivity contribution in [2.24, 2.45) is 0 Å². The number of anilines is 2. The van der Waals surface area contributed by atoms with E-state index in [4.69, 9.17) is 4.74 Å². The maximum Gasteiger partial charge on any atom is 0.274 e. The van der Waals surface area contributed by atoms with Gasteiger partial charge in [0.1, 0.15) is 17.1 Å². The SMILES string of the molecule is COc1cccc(F)c1C(=O)Nc1c[nH]nc1C(=O)NC1CCN(S(=O)(=O)c2cccc(NC(=O)C=CCN(C)C)c2)CC1. The molecule has 44 heavy (non-hydrogen) atoms. The topological polar surface area (TPSA) is 166 Å². The number of rotatable bonds is 11. The fourth-order valence-corrected chi connectivity index (χ4v) is 6.09. The quantitative estimate of drug-likeness (QED) is 0.235. The molecule has 1 aliphatic rings. The van der Waals surface area contributed by atoms with Crippen molar-refractivity contribution in [3.05, 3.63) is 77.9 Å². The molecule has 1 fully saturated rings. The molecule has 2 heterocycles. The van der Waals surface area contributed by atoms with Crippen molar-refractivity contribution < 1.29 is 31.9 Å². The molecule has 4 rings (SSSR count). The molecule has 3 aromatic rings. The van der Waals surface area contributed by atoms with Gasteiger partial charge in [0.05, 0.1) is 17.7 Å². The number of hydrogen-bond donors (Lipinski definition) is 4. The first-order valence-electron chi connectivity index (χ1n) is 13.7. The van der Waals surface area contributed by atoms with E-state index in [1.54, 1.807) is 18.2 Å². The molecule has 1 aromatic heterocycles. The minimum absolute atomic E-state index is 0.0305. The fraction of sp³-hybridized carbons (Fsp3) is 0.310. The van der Waals surface area contributed by atoms with Crippen LogP contribution in [0.2, 0.25) is 0 Å². The van der Waals surface area contributed by atoms with Crippen molar-refractivity contribution in [3.63, 3.8) is 0 Å². The van der Waals surface area contributed by atoms with Gasteiger partial charge in [-0.15, -0.1) is 0 Å². The van der Waals surface area contributed by atoms with Crippen LogP contribution in [-0.4, -0.2) is 92.4 Å². The van der Waals surface area contributed by atoms with Crippen LogP contribution in [0.4, 0.5) is 15.8 Å². The zero-order valence-electron chi connectivity index (χ0n) is 24.5. The van der Waals surface area contributed by atoms with Crippen molar-refractivity contribution in [2.75, 3.05) is 51.5 Å². The highest BCUT2D eigenvalue weighted by Crippen LogP contribution is 2.25. The number of carbonyl (C=O) groups is 3. The van der Waals surface area contributed by atoms with Gasteiger partial charge in [-0.25, -0.2) is 12.8 Å². The van der Waals surface area contributed by atoms with Gasteiger partial charge in [0, 0.05) is 43.6 Å². The molecule has 0 spiro atoms. The predicted molar refractivity (Wildman–Crippen MR) is 162 cm³/mol. The molecule has 0 unspecified atom stereocenters. The molecule has 0 atom stereocenters. The van der Waals surface area contributed by atoms with Gasteiger partial charge >= 0.3 is 0 Å². The number of carbonyl (C=O) groups excluding carboxylic acids is 3. The van der Waals surface area contributed by atoms with Gasteiger partial charge in [-0.05, 0) is 57.3 Å². The lowest BCUT2D eigenvalue weighted by Crippen LogP contribution is -2.46. The van der Waals surface area contributed by atoms with Crippen molar-refractivity contribution in [1.29, 1.82) is 0 Å². The van der Waals surface area contributed by atoms with Crippen LogP contribution < -0.4 is 20.7 Å². The first-order chi connectivity index (χ1) is 21.0. The summed E-state index contributed by atoms with van der Waals surface area (Å²) in [6.07, 6.45) is 5.05. The Labute approximate surface area is 254 Å². The Balaban J connectivity index is 1.34. The van der Waals surface area contributed by atoms with E-state index in [9.17, 15) is 27.2 Å². The number of halogens is 1. The summed E-state index contributed by atoms with van der Waals surface area (Å²) in [6.45, 7) is 0.881. The van der Waals surface area contributed by atoms with E-state index < -0.39 is 27.7 Å². The Morgan fingerprint density at radius 3 is 2.55 bits per heavy atom. The highest BCUT2D eigenvalue weighted by Gasteiger charge is 2.31. The van der Waals surface area contributed by atoms with Crippen LogP contribution in [0.25, 0.3) is 0 Å². The van der Waals surface area contributed by atoms with Crippen molar-refractivity contribution in [3.8, 4) is 5.75 Å². The minimum Gasteiger partial charge on any atom is -0.496 e. The summed E-state index contributed by atoms with van der Waals surface area (Å²) in [6, 6.07) is 9.64. The number of hydrogen-bond acceptors (Lipinski definition) is 8. The summed E-state index contributed by atoms with van der Waals surface area (Å²) in [5.41, 5.74) is -0.0407. The second-order valence-electron chi connectivity index (χ2n) is 10.3. The minimum atomic E-state index is -3.86. The van der Waals surface area contributed by atoms with E-state index in [-0.39, 0.29) is 52.6 Å². The molecule has 15 heteroatoms. The van der Waals surface area contributed by atoms with Gasteiger partial charge < -0.3 is 25.6 Å². The number of aromatic nitrogens is 2. The predicted octanol–water partition coefficient (Wildman–Crippen LogP) is 2.45. The first-order valence-corrected chi connectivity index (χ1v) is 15.1. The monoisotopic (exact) mass is 627 g/mol. The number of methoxy groups -OCH3 is 1. The molecule has 4 N–H and O–H groups in total. The molecule has 0 aliphatic carbocycles. The van der Waals surface area contributed by atoms with Gasteiger partial charge in [-0.3, -0.25) is 19.5 Å². The average Bonchev–Trinajstić information content (AvgIpc) is 3.45. The normalized spacial score (nSPS) is 14.5. The molecule has 1 aliphatic heterocycles. The fourth-order valence-electron chi connectivity index (χ4n) is 4.57. The van der Waals surface area contributed by atoms with Gasteiger partial charge in [-0.2, -0.15) is 9.40 Å². The van der Waals surface area contributed by atoms with E-state index in [2.05, 4.69) is 26.1 Å². The van der Waals surface area contributed by atoms with E-state index in [0.29, 0.717) is 25.1 Å². The molecule has 3 amide bonds. The van der Waals surface area contributed by atoms with Crippen molar-refractivity contribution in [1.82, 2.24) is 24.7 Å². The second kappa shape index (κ2) is 14.2. The number of amides is 3. The lowest BCUT2D eigenvalue weighted by atomic mass is 10.1. The molecule has 0 bridgehead atoms. The number of ether oxygens (including phenoxy) is 1. The summed E-state index contributed by atoms with van der Waals surface area (Å²) in [7, 11) is 1.20. The Morgan fingerprint density at radius 1 is 1.11 bits per heavy atom. The molecule has 234 valence electrons. The lowest BCUT2D eigenvalue weighted by molar-refractivity contribution is -0.111. The number of H-pyrrole nitrogens is 1. The van der Waals surface area contributed by atoms with Crippen LogP contribution in [0.15, 0.2) is 65.7 Å². The van der Waals surface area contributed by atoms with Gasteiger partial charge in [0.2, 0.25) is 15.9 Å². The van der Waals surface area contributed by atoms with Crippen LogP contribution in [0.5, 0.6) is 5.75 Å². The average molecular weight is 628 g/mol. The molecular formula is C29H34FN7O6S. The zero-order chi connectivity index (χ0) is 31.9. The van der Waals surface area contributed by atoms with Crippen molar-refractivity contribution >= 4 is 39.1 Å². The summed E-state index contributed by atoms with van der Waals surface area (Å²) >= 11 is 0. The molecule has 1 saturated heterocycles. The number of piperidine rings is 1. The number of nitrogens with one attached hydrogen (secondary N) is 4. The van der Waals surface area contributed by atoms with Crippen LogP contribution in [0.3, 0.4) is 0 Å². The molecular weight excluding hydrogens is 593 g/mol. The zero-order valence-corrected chi connectivity index (χ0v) is 25.3. The van der Waals surface area contributed by atoms with Gasteiger partial charge in [0.25, 0.3) is 11.8 Å². The number of likely N-dealkylation sites (N-methyl/N-ethyl adjacent to an activating group) is 1. The third kappa shape index (κ3) is 7.86. The number of benzene rings is 2. The Kier molecular flexibility index (Phi) is 10.5. The van der Waals surface area contributed by atoms with Crippen LogP contribution in [0, 0.1) is 5.82 Å². The third-order valence-electron chi connectivity index (χ3n) is 6.79. The van der Waals surface area contributed by atoms with E-state index in [0.717, 1.165) is 6.07 Å². The summed E-state index contributed by atoms with van der Waals surface area (Å²) < 4.78 is 47.4. The molecule has 13 nitrogen and oxygen atoms in total. The lowest BCUT2D eigenvalue weighted by Gasteiger charge is -2.31. The standard InChI is InChI=1S/C29H34FN7O6S/c1-36(2)14-6-11-25(38)32-20-7-4-8-21(17-20)44(41,42)37-15-12-19(13-16-37)33-29(40)27-23(18-31-35-27)34-28(39)26-22(30)9-5-10-24(26)43-3/h4-11,17-19H,12-16H2,1-3H3,(H,31,35)(H,32,38)(H,33,40)(H,34,39). The second-order valence-corrected chi connectivity index (χ2v) is 12.2. The Morgan fingerprint density at radius 2 is 1.84 bits per heavy atom. The van der Waals surface area contributed by atoms with Gasteiger partial charge in [-0.1, -0.05) is 18.2 Å². The van der Waals surface area contributed by atoms with Crippen molar-refractivity contribution in [2.45, 2.75) is 23.8 Å². The molecule has 2 aromatic carbocycles. The Bertz CT molecular complexity index is 1650. The largest absolute Gasteiger partial charge is 0.496 e. The number of nitrogens with zero attached hydrogens (tertiary/aromatic N) is 3. The van der Waals surface area contributed by atoms with Crippen LogP contribution in [0.1, 0.15) is 33.7 Å². The maximum atomic E-state index is 14.3. The number of sulfonamides is 1. The van der Waals surface area contributed by atoms with Gasteiger partial charge in [0.15, 0.2) is 5.69 Å². The van der Waals surface area contributed by atoms with Crippen LogP contribution in [-0.2, 0) is 14.8 Å². The highest BCUT2D eigenvalue weighted by molar-refractivity contribution is 7.89. The highest BCUT2D eigenvalue weighted by atomic mass is 32.2. The molecule has 0 saturated carbocycles. The summed E-state index contributed by atoms with van der Waals surface area (Å²) in [5.74, 6) is -2.54. The maximum absolute atomic E-state index is 14.3. The Hall–Kier alpha value is -4.60. The van der Waals surface area contributed by atoms with E-state index in [1.165, 1.54) is 48.0 Å². The summed E-state index contributed by atoms with van der Waals surface area (Å²) in [5, 5.41) is 14.4. The summed E-state index contributed by atoms with van der Waals surface area (Å²) in [4.78, 5) is 39.9. The van der Waals surface area contributed by atoms with E-state index >= 15 is 0 Å².